The van der Waals surface area contributed by atoms with Crippen LogP contribution in [0.15, 0.2) is 23.1 Å². The summed E-state index contributed by atoms with van der Waals surface area (Å²) in [5, 5.41) is 5.58. The van der Waals surface area contributed by atoms with Crippen LogP contribution in [-0.4, -0.2) is 90.3 Å². The molecular weight excluding hydrogens is 510 g/mol. The van der Waals surface area contributed by atoms with Gasteiger partial charge in [0.1, 0.15) is 16.4 Å². The fourth-order valence-electron chi connectivity index (χ4n) is 3.37. The fourth-order valence-corrected chi connectivity index (χ4v) is 4.72. The number of carbonyl (C=O) groups is 1. The summed E-state index contributed by atoms with van der Waals surface area (Å²) in [5.74, 6) is 0.612. The van der Waals surface area contributed by atoms with Crippen molar-refractivity contribution in [3.05, 3.63) is 29.0 Å². The second-order valence-electron chi connectivity index (χ2n) is 8.61. The van der Waals surface area contributed by atoms with E-state index in [0.717, 1.165) is 13.0 Å². The third-order valence-electron chi connectivity index (χ3n) is 5.48. The van der Waals surface area contributed by atoms with Gasteiger partial charge in [0.2, 0.25) is 10.0 Å². The van der Waals surface area contributed by atoms with Gasteiger partial charge in [-0.05, 0) is 25.0 Å². The molecule has 0 fully saturated rings. The number of halogens is 1. The predicted octanol–water partition coefficient (Wildman–Crippen LogP) is 1.34. The van der Waals surface area contributed by atoms with E-state index in [0.29, 0.717) is 29.7 Å². The number of aromatic nitrogens is 2. The minimum absolute atomic E-state index is 0.0312. The van der Waals surface area contributed by atoms with Gasteiger partial charge in [0, 0.05) is 19.7 Å². The number of nitrogen functional groups attached to an aromatic ring is 1. The van der Waals surface area contributed by atoms with Crippen LogP contribution in [0.1, 0.15) is 23.3 Å². The Bertz CT molecular complexity index is 1160. The molecule has 200 valence electrons. The zero-order chi connectivity index (χ0) is 26.9. The van der Waals surface area contributed by atoms with E-state index in [2.05, 4.69) is 25.3 Å². The highest BCUT2D eigenvalue weighted by atomic mass is 35.5. The Hall–Kier alpha value is -2.87. The van der Waals surface area contributed by atoms with Crippen molar-refractivity contribution in [1.29, 1.82) is 0 Å². The molecule has 2 aromatic rings. The van der Waals surface area contributed by atoms with Crippen molar-refractivity contribution in [3.8, 4) is 11.5 Å². The molecule has 0 aliphatic heterocycles. The number of methoxy groups -OCH3 is 2. The number of ether oxygens (including phenoxy) is 2. The Labute approximate surface area is 217 Å². The molecule has 1 aromatic heterocycles. The highest BCUT2D eigenvalue weighted by Gasteiger charge is 2.21. The molecule has 1 amide bonds. The molecule has 0 saturated carbocycles. The first-order valence-corrected chi connectivity index (χ1v) is 13.1. The van der Waals surface area contributed by atoms with Gasteiger partial charge in [0.05, 0.1) is 47.9 Å². The number of likely N-dealkylation sites (N-methyl/N-ethyl adjacent to an activating group) is 1. The second kappa shape index (κ2) is 12.9. The fraction of sp³-hybridized carbons (Fsp3) is 0.500. The standard InChI is InChI=1S/C22H34ClN7O5S/c1-25-21-18(28-19(23)20(24)29-21)22(31)26-11-13-30(2,3)12-7-6-10-27-36(32,33)17-9-8-15(34-4)14-16(17)35-5/h8-9,14,27H,6-7,10-13H2,1-5H3,(H3-,24,25,26,29,31)/p+1. The number of hydrogen-bond donors (Lipinski definition) is 4. The van der Waals surface area contributed by atoms with Gasteiger partial charge in [0.25, 0.3) is 5.91 Å². The largest absolute Gasteiger partial charge is 0.497 e. The van der Waals surface area contributed by atoms with Crippen molar-refractivity contribution >= 4 is 39.2 Å². The van der Waals surface area contributed by atoms with E-state index in [1.165, 1.54) is 26.4 Å². The van der Waals surface area contributed by atoms with E-state index in [4.69, 9.17) is 26.8 Å². The minimum Gasteiger partial charge on any atom is -0.497 e. The molecule has 36 heavy (non-hydrogen) atoms. The number of hydrogen-bond acceptors (Lipinski definition) is 9. The van der Waals surface area contributed by atoms with Crippen molar-refractivity contribution in [2.24, 2.45) is 0 Å². The quantitative estimate of drug-likeness (QED) is 0.203. The summed E-state index contributed by atoms with van der Waals surface area (Å²) in [5.41, 5.74) is 5.71. The lowest BCUT2D eigenvalue weighted by Gasteiger charge is -2.30. The molecule has 0 atom stereocenters. The van der Waals surface area contributed by atoms with Crippen LogP contribution in [0, 0.1) is 0 Å². The molecule has 0 unspecified atom stereocenters. The molecule has 14 heteroatoms. The van der Waals surface area contributed by atoms with Gasteiger partial charge >= 0.3 is 0 Å². The smallest absolute Gasteiger partial charge is 0.274 e. The van der Waals surface area contributed by atoms with E-state index in [-0.39, 0.29) is 39.7 Å². The monoisotopic (exact) mass is 544 g/mol. The normalized spacial score (nSPS) is 11.7. The molecule has 0 radical (unpaired) electrons. The Morgan fingerprint density at radius 2 is 1.83 bits per heavy atom. The van der Waals surface area contributed by atoms with Crippen molar-refractivity contribution in [2.45, 2.75) is 17.7 Å². The van der Waals surface area contributed by atoms with Gasteiger partial charge in [-0.25, -0.2) is 23.1 Å². The molecule has 0 aliphatic rings. The third-order valence-corrected chi connectivity index (χ3v) is 7.25. The summed E-state index contributed by atoms with van der Waals surface area (Å²) in [6, 6.07) is 4.56. The number of unbranched alkanes of at least 4 members (excludes halogenated alkanes) is 1. The lowest BCUT2D eigenvalue weighted by atomic mass is 10.2. The van der Waals surface area contributed by atoms with Crippen LogP contribution in [-0.2, 0) is 10.0 Å². The van der Waals surface area contributed by atoms with Crippen LogP contribution in [0.25, 0.3) is 0 Å². The number of quaternary nitrogens is 1. The number of carbonyl (C=O) groups excluding carboxylic acids is 1. The highest BCUT2D eigenvalue weighted by Crippen LogP contribution is 2.28. The van der Waals surface area contributed by atoms with Crippen LogP contribution in [0.4, 0.5) is 11.6 Å². The summed E-state index contributed by atoms with van der Waals surface area (Å²) in [6.45, 7) is 2.14. The molecular formula is C22H35ClN7O5S+. The summed E-state index contributed by atoms with van der Waals surface area (Å²) in [4.78, 5) is 20.6. The lowest BCUT2D eigenvalue weighted by Crippen LogP contribution is -2.46. The first-order valence-electron chi connectivity index (χ1n) is 11.3. The second-order valence-corrected chi connectivity index (χ2v) is 10.7. The minimum atomic E-state index is -3.72. The van der Waals surface area contributed by atoms with Crippen molar-refractivity contribution < 1.29 is 27.2 Å². The Morgan fingerprint density at radius 1 is 1.11 bits per heavy atom. The molecule has 5 N–H and O–H groups in total. The number of nitrogens with two attached hydrogens (primary N) is 1. The average Bonchev–Trinajstić information content (AvgIpc) is 2.84. The molecule has 1 heterocycles. The van der Waals surface area contributed by atoms with E-state index in [1.54, 1.807) is 13.1 Å². The third kappa shape index (κ3) is 8.08. The lowest BCUT2D eigenvalue weighted by molar-refractivity contribution is -0.889. The van der Waals surface area contributed by atoms with Gasteiger partial charge in [-0.2, -0.15) is 0 Å². The summed E-state index contributed by atoms with van der Waals surface area (Å²) in [6.07, 6.45) is 1.43. The molecule has 0 spiro atoms. The summed E-state index contributed by atoms with van der Waals surface area (Å²) in [7, 11) is 4.88. The summed E-state index contributed by atoms with van der Waals surface area (Å²) >= 11 is 5.90. The highest BCUT2D eigenvalue weighted by molar-refractivity contribution is 7.89. The number of rotatable bonds is 14. The van der Waals surface area contributed by atoms with Gasteiger partial charge in [0.15, 0.2) is 22.5 Å². The van der Waals surface area contributed by atoms with Crippen LogP contribution < -0.4 is 30.6 Å². The van der Waals surface area contributed by atoms with Crippen LogP contribution in [0.5, 0.6) is 11.5 Å². The van der Waals surface area contributed by atoms with Crippen LogP contribution in [0.2, 0.25) is 5.15 Å². The van der Waals surface area contributed by atoms with E-state index in [1.807, 2.05) is 14.1 Å². The Morgan fingerprint density at radius 3 is 2.47 bits per heavy atom. The van der Waals surface area contributed by atoms with E-state index in [9.17, 15) is 13.2 Å². The number of nitrogens with zero attached hydrogens (tertiary/aromatic N) is 3. The topological polar surface area (TPSA) is 158 Å². The molecule has 0 aliphatic carbocycles. The summed E-state index contributed by atoms with van der Waals surface area (Å²) < 4.78 is 38.9. The maximum absolute atomic E-state index is 12.7. The van der Waals surface area contributed by atoms with E-state index >= 15 is 0 Å². The van der Waals surface area contributed by atoms with Gasteiger partial charge in [-0.15, -0.1) is 0 Å². The predicted molar refractivity (Wildman–Crippen MR) is 139 cm³/mol. The SMILES string of the molecule is CNc1nc(N)c(Cl)nc1C(=O)NCC[N+](C)(C)CCCCNS(=O)(=O)c1ccc(OC)cc1OC. The van der Waals surface area contributed by atoms with E-state index < -0.39 is 15.9 Å². The molecule has 1 aromatic carbocycles. The van der Waals surface area contributed by atoms with Crippen molar-refractivity contribution in [2.75, 3.05) is 72.6 Å². The van der Waals surface area contributed by atoms with Crippen molar-refractivity contribution in [1.82, 2.24) is 20.0 Å². The van der Waals surface area contributed by atoms with Crippen molar-refractivity contribution in [3.63, 3.8) is 0 Å². The number of anilines is 2. The number of benzene rings is 1. The average molecular weight is 545 g/mol. The molecule has 2 rings (SSSR count). The van der Waals surface area contributed by atoms with Crippen LogP contribution >= 0.6 is 11.6 Å². The van der Waals surface area contributed by atoms with Gasteiger partial charge in [-0.3, -0.25) is 4.79 Å². The maximum atomic E-state index is 12.7. The number of nitrogens with one attached hydrogen (secondary N) is 3. The molecule has 12 nitrogen and oxygen atoms in total. The van der Waals surface area contributed by atoms with Gasteiger partial charge in [-0.1, -0.05) is 11.6 Å². The molecule has 0 saturated heterocycles. The zero-order valence-corrected chi connectivity index (χ0v) is 22.8. The first kappa shape index (κ1) is 29.4. The molecule has 0 bridgehead atoms. The first-order chi connectivity index (χ1) is 16.9. The number of sulfonamides is 1. The zero-order valence-electron chi connectivity index (χ0n) is 21.2. The van der Waals surface area contributed by atoms with Crippen LogP contribution in [0.3, 0.4) is 0 Å². The Balaban J connectivity index is 1.79. The maximum Gasteiger partial charge on any atom is 0.274 e. The Kier molecular flexibility index (Phi) is 10.5. The number of amides is 1. The van der Waals surface area contributed by atoms with Gasteiger partial charge < -0.3 is 30.3 Å².